The largest absolute Gasteiger partial charge is 0.338 e. The molecule has 1 aromatic heterocycles. The van der Waals surface area contributed by atoms with Crippen molar-refractivity contribution in [3.05, 3.63) is 29.8 Å². The molecular formula is C16H21N5O2S. The molecule has 3 amide bonds. The van der Waals surface area contributed by atoms with Gasteiger partial charge in [-0.3, -0.25) is 10.1 Å². The molecule has 0 atom stereocenters. The summed E-state index contributed by atoms with van der Waals surface area (Å²) in [6, 6.07) is 7.52. The van der Waals surface area contributed by atoms with Crippen molar-refractivity contribution < 1.29 is 9.59 Å². The van der Waals surface area contributed by atoms with Crippen LogP contribution in [0.4, 0.5) is 4.79 Å². The number of imide groups is 1. The van der Waals surface area contributed by atoms with E-state index in [1.807, 2.05) is 49.7 Å². The summed E-state index contributed by atoms with van der Waals surface area (Å²) >= 11 is 1.24. The molecule has 0 bridgehead atoms. The van der Waals surface area contributed by atoms with Crippen molar-refractivity contribution in [3.63, 3.8) is 0 Å². The lowest BCUT2D eigenvalue weighted by Gasteiger charge is -2.06. The number of carbonyl (C=O) groups is 2. The van der Waals surface area contributed by atoms with E-state index in [4.69, 9.17) is 0 Å². The Labute approximate surface area is 145 Å². The van der Waals surface area contributed by atoms with Gasteiger partial charge in [-0.05, 0) is 13.3 Å². The van der Waals surface area contributed by atoms with E-state index in [0.29, 0.717) is 11.7 Å². The Morgan fingerprint density at radius 3 is 2.58 bits per heavy atom. The number of urea groups is 1. The molecule has 0 aliphatic carbocycles. The Kier molecular flexibility index (Phi) is 6.36. The number of carbonyl (C=O) groups excluding carboxylic acids is 2. The molecular weight excluding hydrogens is 326 g/mol. The number of amides is 3. The van der Waals surface area contributed by atoms with Crippen LogP contribution >= 0.6 is 11.8 Å². The Morgan fingerprint density at radius 1 is 1.21 bits per heavy atom. The van der Waals surface area contributed by atoms with Gasteiger partial charge in [-0.15, -0.1) is 10.2 Å². The number of aryl methyl sites for hydroxylation is 1. The molecule has 7 nitrogen and oxygen atoms in total. The average molecular weight is 347 g/mol. The summed E-state index contributed by atoms with van der Waals surface area (Å²) in [6.45, 7) is 4.50. The lowest BCUT2D eigenvalue weighted by atomic mass is 10.1. The molecule has 0 radical (unpaired) electrons. The van der Waals surface area contributed by atoms with Crippen LogP contribution in [-0.4, -0.2) is 39.0 Å². The van der Waals surface area contributed by atoms with Crippen LogP contribution in [0.3, 0.4) is 0 Å². The number of rotatable bonds is 6. The van der Waals surface area contributed by atoms with Crippen molar-refractivity contribution in [1.82, 2.24) is 25.4 Å². The number of nitrogens with zero attached hydrogens (tertiary/aromatic N) is 3. The lowest BCUT2D eigenvalue weighted by Crippen LogP contribution is -2.40. The van der Waals surface area contributed by atoms with Crippen molar-refractivity contribution in [2.75, 3.05) is 12.3 Å². The van der Waals surface area contributed by atoms with E-state index >= 15 is 0 Å². The Hall–Kier alpha value is -2.35. The smallest absolute Gasteiger partial charge is 0.321 e. The summed E-state index contributed by atoms with van der Waals surface area (Å²) in [4.78, 5) is 23.2. The molecule has 1 aromatic carbocycles. The summed E-state index contributed by atoms with van der Waals surface area (Å²) in [5, 5.41) is 13.8. The maximum absolute atomic E-state index is 11.8. The number of nitrogens with one attached hydrogen (secondary N) is 2. The van der Waals surface area contributed by atoms with Gasteiger partial charge in [-0.1, -0.05) is 48.5 Å². The summed E-state index contributed by atoms with van der Waals surface area (Å²) in [7, 11) is 1.85. The van der Waals surface area contributed by atoms with Crippen LogP contribution in [0.15, 0.2) is 29.4 Å². The van der Waals surface area contributed by atoms with Gasteiger partial charge in [0.25, 0.3) is 0 Å². The number of benzene rings is 1. The monoisotopic (exact) mass is 347 g/mol. The van der Waals surface area contributed by atoms with E-state index in [2.05, 4.69) is 20.8 Å². The summed E-state index contributed by atoms with van der Waals surface area (Å²) in [5.41, 5.74) is 2.14. The van der Waals surface area contributed by atoms with E-state index in [0.717, 1.165) is 17.8 Å². The van der Waals surface area contributed by atoms with Crippen LogP contribution in [0.25, 0.3) is 11.4 Å². The zero-order valence-corrected chi connectivity index (χ0v) is 14.8. The van der Waals surface area contributed by atoms with Crippen molar-refractivity contribution in [1.29, 1.82) is 0 Å². The van der Waals surface area contributed by atoms with Crippen molar-refractivity contribution in [2.45, 2.75) is 25.4 Å². The molecule has 24 heavy (non-hydrogen) atoms. The van der Waals surface area contributed by atoms with Crippen molar-refractivity contribution in [3.8, 4) is 11.4 Å². The number of aromatic nitrogens is 3. The Balaban J connectivity index is 1.93. The van der Waals surface area contributed by atoms with Crippen LogP contribution in [0.2, 0.25) is 0 Å². The highest BCUT2D eigenvalue weighted by Crippen LogP contribution is 2.22. The molecule has 1 heterocycles. The van der Waals surface area contributed by atoms with E-state index in [9.17, 15) is 9.59 Å². The third-order valence-electron chi connectivity index (χ3n) is 3.27. The van der Waals surface area contributed by atoms with Gasteiger partial charge in [-0.2, -0.15) is 0 Å². The van der Waals surface area contributed by atoms with Gasteiger partial charge in [0.1, 0.15) is 0 Å². The molecule has 8 heteroatoms. The van der Waals surface area contributed by atoms with E-state index in [-0.39, 0.29) is 11.7 Å². The molecule has 128 valence electrons. The van der Waals surface area contributed by atoms with Crippen LogP contribution in [0.5, 0.6) is 0 Å². The second-order valence-corrected chi connectivity index (χ2v) is 6.27. The van der Waals surface area contributed by atoms with Crippen LogP contribution < -0.4 is 10.6 Å². The molecule has 2 aromatic rings. The van der Waals surface area contributed by atoms with E-state index in [1.54, 1.807) is 0 Å². The van der Waals surface area contributed by atoms with Gasteiger partial charge in [0.15, 0.2) is 11.0 Å². The molecule has 0 saturated heterocycles. The first-order valence-corrected chi connectivity index (χ1v) is 8.66. The van der Waals surface area contributed by atoms with Gasteiger partial charge in [-0.25, -0.2) is 4.79 Å². The van der Waals surface area contributed by atoms with Gasteiger partial charge in [0.2, 0.25) is 5.91 Å². The van der Waals surface area contributed by atoms with Crippen LogP contribution in [-0.2, 0) is 11.8 Å². The Bertz CT molecular complexity index is 712. The number of thioether (sulfide) groups is 1. The van der Waals surface area contributed by atoms with Crippen LogP contribution in [0, 0.1) is 6.92 Å². The van der Waals surface area contributed by atoms with Gasteiger partial charge in [0, 0.05) is 19.2 Å². The zero-order valence-electron chi connectivity index (χ0n) is 14.0. The predicted molar refractivity (Wildman–Crippen MR) is 93.7 cm³/mol. The van der Waals surface area contributed by atoms with Gasteiger partial charge < -0.3 is 9.88 Å². The minimum absolute atomic E-state index is 0.0966. The quantitative estimate of drug-likeness (QED) is 0.781. The third-order valence-corrected chi connectivity index (χ3v) is 4.29. The second kappa shape index (κ2) is 8.49. The molecule has 0 spiro atoms. The minimum Gasteiger partial charge on any atom is -0.338 e. The third kappa shape index (κ3) is 4.82. The highest BCUT2D eigenvalue weighted by Gasteiger charge is 2.14. The fraction of sp³-hybridized carbons (Fsp3) is 0.375. The maximum atomic E-state index is 11.8. The standard InChI is InChI=1S/C16H21N5O2S/c1-4-9-17-15(23)18-13(22)10-24-16-20-19-14(21(16)3)12-7-5-11(2)6-8-12/h5-8H,4,9-10H2,1-3H3,(H2,17,18,22,23). The minimum atomic E-state index is -0.472. The SMILES string of the molecule is CCCNC(=O)NC(=O)CSc1nnc(-c2ccc(C)cc2)n1C. The van der Waals surface area contributed by atoms with Gasteiger partial charge in [0.05, 0.1) is 5.75 Å². The fourth-order valence-electron chi connectivity index (χ4n) is 1.97. The van der Waals surface area contributed by atoms with Gasteiger partial charge >= 0.3 is 6.03 Å². The first kappa shape index (κ1) is 18.0. The molecule has 0 saturated carbocycles. The number of hydrogen-bond acceptors (Lipinski definition) is 5. The zero-order chi connectivity index (χ0) is 17.5. The molecule has 2 rings (SSSR count). The average Bonchev–Trinajstić information content (AvgIpc) is 2.92. The highest BCUT2D eigenvalue weighted by molar-refractivity contribution is 7.99. The fourth-order valence-corrected chi connectivity index (χ4v) is 2.68. The lowest BCUT2D eigenvalue weighted by molar-refractivity contribution is -0.117. The topological polar surface area (TPSA) is 88.9 Å². The molecule has 0 aliphatic heterocycles. The highest BCUT2D eigenvalue weighted by atomic mass is 32.2. The second-order valence-electron chi connectivity index (χ2n) is 5.32. The van der Waals surface area contributed by atoms with E-state index in [1.165, 1.54) is 17.3 Å². The molecule has 0 fully saturated rings. The first-order valence-electron chi connectivity index (χ1n) is 7.68. The summed E-state index contributed by atoms with van der Waals surface area (Å²) in [5.74, 6) is 0.464. The molecule has 0 unspecified atom stereocenters. The predicted octanol–water partition coefficient (Wildman–Crippen LogP) is 2.12. The normalized spacial score (nSPS) is 10.5. The summed E-state index contributed by atoms with van der Waals surface area (Å²) in [6.07, 6.45) is 0.817. The number of hydrogen-bond donors (Lipinski definition) is 2. The van der Waals surface area contributed by atoms with Crippen molar-refractivity contribution >= 4 is 23.7 Å². The Morgan fingerprint density at radius 2 is 1.92 bits per heavy atom. The first-order chi connectivity index (χ1) is 11.5. The van der Waals surface area contributed by atoms with Crippen molar-refractivity contribution in [2.24, 2.45) is 7.05 Å². The van der Waals surface area contributed by atoms with E-state index < -0.39 is 6.03 Å². The molecule has 0 aliphatic rings. The molecule has 2 N–H and O–H groups in total. The summed E-state index contributed by atoms with van der Waals surface area (Å²) < 4.78 is 1.83. The van der Waals surface area contributed by atoms with Crippen LogP contribution in [0.1, 0.15) is 18.9 Å². The maximum Gasteiger partial charge on any atom is 0.321 e.